The number of nitrogens with zero attached hydrogens (tertiary/aromatic N) is 1. The van der Waals surface area contributed by atoms with Crippen LogP contribution in [0.5, 0.6) is 0 Å². The number of hydrogen-bond acceptors (Lipinski definition) is 1. The van der Waals surface area contributed by atoms with Crippen molar-refractivity contribution < 1.29 is 0 Å². The van der Waals surface area contributed by atoms with Crippen LogP contribution in [0.25, 0.3) is 76.8 Å². The Morgan fingerprint density at radius 1 is 0.286 bits per heavy atom. The molecule has 0 heterocycles. The lowest BCUT2D eigenvalue weighted by Crippen LogP contribution is -2.10. The largest absolute Gasteiger partial charge is 0.310 e. The van der Waals surface area contributed by atoms with Crippen molar-refractivity contribution in [3.05, 3.63) is 224 Å². The van der Waals surface area contributed by atoms with E-state index in [4.69, 9.17) is 0 Å². The van der Waals surface area contributed by atoms with Gasteiger partial charge in [-0.25, -0.2) is 0 Å². The highest BCUT2D eigenvalue weighted by Crippen LogP contribution is 2.44. The molecule has 0 aliphatic rings. The monoisotopic (exact) mass is 713 g/mol. The average molecular weight is 714 g/mol. The van der Waals surface area contributed by atoms with Crippen LogP contribution in [-0.4, -0.2) is 0 Å². The maximum atomic E-state index is 2.41. The molecule has 0 amide bonds. The van der Waals surface area contributed by atoms with Gasteiger partial charge >= 0.3 is 0 Å². The molecule has 0 radical (unpaired) electrons. The fourth-order valence-electron chi connectivity index (χ4n) is 8.38. The van der Waals surface area contributed by atoms with Gasteiger partial charge in [0.15, 0.2) is 0 Å². The molecule has 10 aromatic carbocycles. The van der Waals surface area contributed by atoms with E-state index in [9.17, 15) is 0 Å². The van der Waals surface area contributed by atoms with Gasteiger partial charge in [0.05, 0.1) is 5.69 Å². The Hall–Kier alpha value is -7.22. The van der Waals surface area contributed by atoms with Crippen molar-refractivity contribution in [2.45, 2.75) is 6.92 Å². The van der Waals surface area contributed by atoms with Gasteiger partial charge < -0.3 is 4.90 Å². The summed E-state index contributed by atoms with van der Waals surface area (Å²) in [4.78, 5) is 2.41. The summed E-state index contributed by atoms with van der Waals surface area (Å²) in [6.07, 6.45) is 0. The summed E-state index contributed by atoms with van der Waals surface area (Å²) in [5.41, 5.74) is 14.4. The average Bonchev–Trinajstić information content (AvgIpc) is 3.27. The molecule has 0 fully saturated rings. The molecule has 0 aliphatic heterocycles. The lowest BCUT2D eigenvalue weighted by atomic mass is 9.91. The van der Waals surface area contributed by atoms with E-state index in [0.29, 0.717) is 0 Å². The van der Waals surface area contributed by atoms with Gasteiger partial charge in [0.1, 0.15) is 0 Å². The van der Waals surface area contributed by atoms with Crippen molar-refractivity contribution in [3.8, 4) is 44.5 Å². The Morgan fingerprint density at radius 2 is 0.750 bits per heavy atom. The second kappa shape index (κ2) is 14.2. The van der Waals surface area contributed by atoms with E-state index in [2.05, 4.69) is 230 Å². The van der Waals surface area contributed by atoms with Crippen molar-refractivity contribution in [3.63, 3.8) is 0 Å². The molecule has 10 aromatic rings. The number of benzene rings is 10. The molecule has 56 heavy (non-hydrogen) atoms. The molecule has 0 atom stereocenters. The van der Waals surface area contributed by atoms with Gasteiger partial charge in [-0.15, -0.1) is 0 Å². The minimum Gasteiger partial charge on any atom is -0.310 e. The first-order valence-electron chi connectivity index (χ1n) is 19.3. The standard InChI is InChI=1S/C55H39N/c1-38-24-26-42(27-25-38)48-21-10-16-44-17-11-22-49(55(44)48)43-30-34-46(35-31-43)56(45-32-28-40(29-33-45)39-12-3-2-4-13-39)54-37-36-52(51-19-7-8-20-53(51)54)50-23-9-15-41-14-5-6-18-47(41)50/h2-37H,1H3. The van der Waals surface area contributed by atoms with Crippen molar-refractivity contribution in [2.24, 2.45) is 0 Å². The lowest BCUT2D eigenvalue weighted by molar-refractivity contribution is 1.30. The van der Waals surface area contributed by atoms with Crippen LogP contribution in [0.1, 0.15) is 5.56 Å². The van der Waals surface area contributed by atoms with Crippen molar-refractivity contribution in [1.29, 1.82) is 0 Å². The highest BCUT2D eigenvalue weighted by Gasteiger charge is 2.19. The fraction of sp³-hybridized carbons (Fsp3) is 0.0182. The predicted molar refractivity (Wildman–Crippen MR) is 240 cm³/mol. The molecule has 0 aromatic heterocycles. The third kappa shape index (κ3) is 6.00. The first kappa shape index (κ1) is 33.4. The van der Waals surface area contributed by atoms with Crippen LogP contribution in [0.3, 0.4) is 0 Å². The Bertz CT molecular complexity index is 2990. The maximum Gasteiger partial charge on any atom is 0.0540 e. The zero-order valence-electron chi connectivity index (χ0n) is 31.2. The van der Waals surface area contributed by atoms with Gasteiger partial charge in [-0.3, -0.25) is 0 Å². The summed E-state index contributed by atoms with van der Waals surface area (Å²) in [6.45, 7) is 2.14. The summed E-state index contributed by atoms with van der Waals surface area (Å²) >= 11 is 0. The highest BCUT2D eigenvalue weighted by atomic mass is 15.1. The topological polar surface area (TPSA) is 3.24 Å². The van der Waals surface area contributed by atoms with Crippen LogP contribution in [0.15, 0.2) is 218 Å². The fourth-order valence-corrected chi connectivity index (χ4v) is 8.38. The second-order valence-electron chi connectivity index (χ2n) is 14.6. The summed E-state index contributed by atoms with van der Waals surface area (Å²) in [7, 11) is 0. The molecule has 0 saturated heterocycles. The molecular weight excluding hydrogens is 675 g/mol. The Balaban J connectivity index is 1.13. The molecule has 10 rings (SSSR count). The molecule has 1 heteroatoms. The smallest absolute Gasteiger partial charge is 0.0540 e. The first-order chi connectivity index (χ1) is 27.7. The van der Waals surface area contributed by atoms with E-state index in [1.165, 1.54) is 82.4 Å². The third-order valence-electron chi connectivity index (χ3n) is 11.2. The Morgan fingerprint density at radius 3 is 1.41 bits per heavy atom. The molecule has 264 valence electrons. The second-order valence-corrected chi connectivity index (χ2v) is 14.6. The van der Waals surface area contributed by atoms with Crippen LogP contribution in [0.4, 0.5) is 17.1 Å². The van der Waals surface area contributed by atoms with E-state index in [1.54, 1.807) is 0 Å². The Kier molecular flexibility index (Phi) is 8.46. The molecule has 0 aliphatic carbocycles. The number of hydrogen-bond donors (Lipinski definition) is 0. The zero-order chi connectivity index (χ0) is 37.4. The summed E-state index contributed by atoms with van der Waals surface area (Å²) < 4.78 is 0. The van der Waals surface area contributed by atoms with Crippen LogP contribution in [0, 0.1) is 6.92 Å². The predicted octanol–water partition coefficient (Wildman–Crippen LogP) is 15.6. The zero-order valence-corrected chi connectivity index (χ0v) is 31.2. The minimum absolute atomic E-state index is 1.10. The normalized spacial score (nSPS) is 11.3. The summed E-state index contributed by atoms with van der Waals surface area (Å²) in [6, 6.07) is 79.6. The molecule has 0 unspecified atom stereocenters. The molecule has 0 bridgehead atoms. The van der Waals surface area contributed by atoms with E-state index in [0.717, 1.165) is 17.1 Å². The first-order valence-corrected chi connectivity index (χ1v) is 19.3. The van der Waals surface area contributed by atoms with Crippen molar-refractivity contribution in [2.75, 3.05) is 4.90 Å². The van der Waals surface area contributed by atoms with E-state index >= 15 is 0 Å². The van der Waals surface area contributed by atoms with Gasteiger partial charge in [-0.1, -0.05) is 194 Å². The van der Waals surface area contributed by atoms with Gasteiger partial charge in [-0.05, 0) is 109 Å². The van der Waals surface area contributed by atoms with Crippen molar-refractivity contribution in [1.82, 2.24) is 0 Å². The molecule has 0 N–H and O–H groups in total. The van der Waals surface area contributed by atoms with Crippen LogP contribution in [-0.2, 0) is 0 Å². The number of rotatable bonds is 7. The van der Waals surface area contributed by atoms with Gasteiger partial charge in [0, 0.05) is 16.8 Å². The number of fused-ring (bicyclic) bond motifs is 3. The van der Waals surface area contributed by atoms with Crippen LogP contribution < -0.4 is 4.90 Å². The number of anilines is 3. The van der Waals surface area contributed by atoms with E-state index in [1.807, 2.05) is 0 Å². The van der Waals surface area contributed by atoms with Crippen molar-refractivity contribution >= 4 is 49.4 Å². The van der Waals surface area contributed by atoms with Crippen LogP contribution in [0.2, 0.25) is 0 Å². The van der Waals surface area contributed by atoms with E-state index < -0.39 is 0 Å². The van der Waals surface area contributed by atoms with Gasteiger partial charge in [-0.2, -0.15) is 0 Å². The van der Waals surface area contributed by atoms with Gasteiger partial charge in [0.25, 0.3) is 0 Å². The van der Waals surface area contributed by atoms with E-state index in [-0.39, 0.29) is 0 Å². The quantitative estimate of drug-likeness (QED) is 0.159. The molecule has 0 spiro atoms. The SMILES string of the molecule is Cc1ccc(-c2cccc3cccc(-c4ccc(N(c5ccc(-c6ccccc6)cc5)c5ccc(-c6cccc7ccccc67)c6ccccc56)cc4)c23)cc1. The number of aryl methyl sites for hydroxylation is 1. The lowest BCUT2D eigenvalue weighted by Gasteiger charge is -2.28. The Labute approximate surface area is 328 Å². The summed E-state index contributed by atoms with van der Waals surface area (Å²) in [5.74, 6) is 0. The van der Waals surface area contributed by atoms with Crippen LogP contribution >= 0.6 is 0 Å². The summed E-state index contributed by atoms with van der Waals surface area (Å²) in [5, 5.41) is 7.44. The maximum absolute atomic E-state index is 2.41. The third-order valence-corrected chi connectivity index (χ3v) is 11.2. The minimum atomic E-state index is 1.10. The molecule has 1 nitrogen and oxygen atoms in total. The van der Waals surface area contributed by atoms with Gasteiger partial charge in [0.2, 0.25) is 0 Å². The molecular formula is C55H39N. The molecule has 0 saturated carbocycles. The highest BCUT2D eigenvalue weighted by molar-refractivity contribution is 6.11.